The Bertz CT molecular complexity index is 811. The first-order valence-electron chi connectivity index (χ1n) is 21.9. The second-order valence-corrected chi connectivity index (χ2v) is 17.8. The predicted molar refractivity (Wildman–Crippen MR) is 229 cm³/mol. The average Bonchev–Trinajstić information content (AvgIpc) is 3.14. The van der Waals surface area contributed by atoms with Gasteiger partial charge in [-0.2, -0.15) is 0 Å². The minimum absolute atomic E-state index is 0.113. The fraction of sp³-hybridized carbons (Fsp3) is 0.909. The zero-order chi connectivity index (χ0) is 39.0. The van der Waals surface area contributed by atoms with Crippen LogP contribution in [0, 0.1) is 5.92 Å². The molecule has 0 rings (SSSR count). The van der Waals surface area contributed by atoms with Gasteiger partial charge in [-0.1, -0.05) is 158 Å². The molecule has 0 aromatic heterocycles. The van der Waals surface area contributed by atoms with Crippen molar-refractivity contribution in [3.8, 4) is 0 Å². The third kappa shape index (κ3) is 40.4. The van der Waals surface area contributed by atoms with Crippen LogP contribution in [0.2, 0.25) is 0 Å². The number of rotatable bonds is 40. The van der Waals surface area contributed by atoms with E-state index in [1.165, 1.54) is 160 Å². The van der Waals surface area contributed by atoms with Gasteiger partial charge in [-0.3, -0.25) is 19.2 Å². The van der Waals surface area contributed by atoms with E-state index in [0.29, 0.717) is 23.1 Å². The Balaban J connectivity index is 3.90. The van der Waals surface area contributed by atoms with Gasteiger partial charge in [0.25, 0.3) is 0 Å². The van der Waals surface area contributed by atoms with E-state index in [1.54, 1.807) is 0 Å². The molecule has 0 saturated carbocycles. The zero-order valence-corrected chi connectivity index (χ0v) is 36.7. The maximum Gasteiger partial charge on any atom is 0.305 e. The van der Waals surface area contributed by atoms with Crippen LogP contribution >= 0.6 is 23.5 Å². The Hall–Kier alpha value is -1.06. The minimum atomic E-state index is -0.113. The Morgan fingerprint density at radius 3 is 1.08 bits per heavy atom. The van der Waals surface area contributed by atoms with Crippen molar-refractivity contribution in [2.45, 2.75) is 205 Å². The molecule has 0 saturated heterocycles. The van der Waals surface area contributed by atoms with Crippen LogP contribution in [0.5, 0.6) is 0 Å². The molecule has 0 fully saturated rings. The smallest absolute Gasteiger partial charge is 0.305 e. The zero-order valence-electron chi connectivity index (χ0n) is 35.0. The highest BCUT2D eigenvalue weighted by atomic mass is 32.2. The lowest BCUT2D eigenvalue weighted by atomic mass is 9.89. The Labute approximate surface area is 335 Å². The fourth-order valence-corrected chi connectivity index (χ4v) is 8.54. The van der Waals surface area contributed by atoms with Crippen LogP contribution in [0.4, 0.5) is 0 Å². The van der Waals surface area contributed by atoms with E-state index in [0.717, 1.165) is 94.5 Å². The summed E-state index contributed by atoms with van der Waals surface area (Å²) in [4.78, 5) is 49.1. The molecule has 0 aromatic rings. The van der Waals surface area contributed by atoms with Gasteiger partial charge in [0, 0.05) is 37.2 Å². The van der Waals surface area contributed by atoms with Gasteiger partial charge in [-0.15, -0.1) is 0 Å². The number of methoxy groups -OCH3 is 2. The Morgan fingerprint density at radius 1 is 0.415 bits per heavy atom. The molecule has 7 nitrogen and oxygen atoms in total. The van der Waals surface area contributed by atoms with Crippen molar-refractivity contribution in [1.82, 2.24) is 4.90 Å². The molecule has 0 radical (unpaired) electrons. The van der Waals surface area contributed by atoms with Crippen molar-refractivity contribution in [3.05, 3.63) is 0 Å². The molecule has 0 amide bonds. The molecular formula is C44H83NO6S2. The van der Waals surface area contributed by atoms with Gasteiger partial charge >= 0.3 is 11.9 Å². The van der Waals surface area contributed by atoms with E-state index in [4.69, 9.17) is 0 Å². The van der Waals surface area contributed by atoms with Crippen LogP contribution in [0.3, 0.4) is 0 Å². The first-order chi connectivity index (χ1) is 25.8. The molecule has 0 unspecified atom stereocenters. The van der Waals surface area contributed by atoms with Crippen molar-refractivity contribution in [1.29, 1.82) is 0 Å². The van der Waals surface area contributed by atoms with Crippen molar-refractivity contribution in [2.75, 3.05) is 46.4 Å². The molecular weight excluding hydrogens is 703 g/mol. The molecule has 0 aromatic carbocycles. The summed E-state index contributed by atoms with van der Waals surface area (Å²) >= 11 is 3.06. The molecule has 0 aliphatic carbocycles. The van der Waals surface area contributed by atoms with E-state index in [9.17, 15) is 19.2 Å². The summed E-state index contributed by atoms with van der Waals surface area (Å²) < 4.78 is 9.35. The van der Waals surface area contributed by atoms with Crippen molar-refractivity contribution >= 4 is 45.7 Å². The molecule has 53 heavy (non-hydrogen) atoms. The van der Waals surface area contributed by atoms with Gasteiger partial charge in [-0.25, -0.2) is 0 Å². The standard InChI is InChI=1S/C44H83NO6S2/c1-45(2)37-27-19-22-32-40(30-20-11-9-15-25-35-43(48)52-38-28-17-7-5-13-23-33-41(46)50-3)31-21-12-10-16-26-36-44(49)53-39-29-18-8-6-14-24-34-42(47)51-4/h40H,5-39H2,1-4H3. The van der Waals surface area contributed by atoms with Crippen LogP contribution in [0.15, 0.2) is 0 Å². The first-order valence-corrected chi connectivity index (χ1v) is 23.8. The second-order valence-electron chi connectivity index (χ2n) is 15.5. The second kappa shape index (κ2) is 40.6. The number of carbonyl (C=O) groups is 4. The molecule has 0 heterocycles. The van der Waals surface area contributed by atoms with Crippen LogP contribution in [-0.2, 0) is 28.7 Å². The summed E-state index contributed by atoms with van der Waals surface area (Å²) in [6, 6.07) is 0. The summed E-state index contributed by atoms with van der Waals surface area (Å²) in [5.41, 5.74) is 0. The maximum atomic E-state index is 12.3. The van der Waals surface area contributed by atoms with Gasteiger partial charge in [0.05, 0.1) is 14.2 Å². The van der Waals surface area contributed by atoms with Crippen LogP contribution < -0.4 is 0 Å². The van der Waals surface area contributed by atoms with Crippen molar-refractivity contribution in [2.24, 2.45) is 5.92 Å². The highest BCUT2D eigenvalue weighted by molar-refractivity contribution is 8.13. The third-order valence-electron chi connectivity index (χ3n) is 10.2. The number of ether oxygens (including phenoxy) is 2. The summed E-state index contributed by atoms with van der Waals surface area (Å²) in [5.74, 6) is 2.52. The van der Waals surface area contributed by atoms with E-state index in [2.05, 4.69) is 28.5 Å². The largest absolute Gasteiger partial charge is 0.469 e. The molecule has 0 bridgehead atoms. The normalized spacial score (nSPS) is 11.4. The average molecular weight is 786 g/mol. The third-order valence-corrected chi connectivity index (χ3v) is 12.3. The summed E-state index contributed by atoms with van der Waals surface area (Å²) in [5, 5.41) is 0.735. The SMILES string of the molecule is COC(=O)CCCCCCCCSC(=O)CCCCCCCC(CCCCCCCC(=O)SCCCCCCCCC(=O)OC)CCCCCN(C)C. The maximum absolute atomic E-state index is 12.3. The van der Waals surface area contributed by atoms with Crippen molar-refractivity contribution < 1.29 is 28.7 Å². The van der Waals surface area contributed by atoms with E-state index in [1.807, 2.05) is 0 Å². The summed E-state index contributed by atoms with van der Waals surface area (Å²) in [7, 11) is 7.22. The van der Waals surface area contributed by atoms with E-state index in [-0.39, 0.29) is 11.9 Å². The highest BCUT2D eigenvalue weighted by Crippen LogP contribution is 2.25. The topological polar surface area (TPSA) is 90.0 Å². The molecule has 0 aliphatic rings. The lowest BCUT2D eigenvalue weighted by molar-refractivity contribution is -0.141. The number of carbonyl (C=O) groups excluding carboxylic acids is 4. The van der Waals surface area contributed by atoms with Gasteiger partial charge in [-0.05, 0) is 71.5 Å². The van der Waals surface area contributed by atoms with Gasteiger partial charge in [0.15, 0.2) is 10.2 Å². The summed E-state index contributed by atoms with van der Waals surface area (Å²) in [6.07, 6.45) is 36.0. The molecule has 0 N–H and O–H groups in total. The predicted octanol–water partition coefficient (Wildman–Crippen LogP) is 12.5. The quantitative estimate of drug-likeness (QED) is 0.0445. The highest BCUT2D eigenvalue weighted by Gasteiger charge is 2.10. The van der Waals surface area contributed by atoms with Gasteiger partial charge < -0.3 is 14.4 Å². The Kier molecular flexibility index (Phi) is 39.8. The van der Waals surface area contributed by atoms with E-state index >= 15 is 0 Å². The summed E-state index contributed by atoms with van der Waals surface area (Å²) in [6.45, 7) is 1.19. The van der Waals surface area contributed by atoms with E-state index < -0.39 is 0 Å². The van der Waals surface area contributed by atoms with Crippen molar-refractivity contribution in [3.63, 3.8) is 0 Å². The van der Waals surface area contributed by atoms with Gasteiger partial charge in [0.2, 0.25) is 0 Å². The number of esters is 2. The monoisotopic (exact) mass is 786 g/mol. The molecule has 9 heteroatoms. The minimum Gasteiger partial charge on any atom is -0.469 e. The molecule has 312 valence electrons. The number of hydrogen-bond acceptors (Lipinski definition) is 9. The molecule has 0 atom stereocenters. The lowest BCUT2D eigenvalue weighted by Crippen LogP contribution is -2.12. The number of thioether (sulfide) groups is 2. The van der Waals surface area contributed by atoms with Crippen LogP contribution in [-0.4, -0.2) is 73.4 Å². The number of hydrogen-bond donors (Lipinski definition) is 0. The fourth-order valence-electron chi connectivity index (χ4n) is 6.81. The lowest BCUT2D eigenvalue weighted by Gasteiger charge is -2.17. The van der Waals surface area contributed by atoms with Gasteiger partial charge in [0.1, 0.15) is 0 Å². The van der Waals surface area contributed by atoms with Crippen LogP contribution in [0.25, 0.3) is 0 Å². The Morgan fingerprint density at radius 2 is 0.717 bits per heavy atom. The molecule has 0 spiro atoms. The van der Waals surface area contributed by atoms with Crippen LogP contribution in [0.1, 0.15) is 205 Å². The first kappa shape index (κ1) is 51.9. The molecule has 0 aliphatic heterocycles. The number of nitrogens with zero attached hydrogens (tertiary/aromatic N) is 1. The number of unbranched alkanes of at least 4 members (excludes halogenated alkanes) is 20.